The maximum Gasteiger partial charge on any atom is 0.339 e. The summed E-state index contributed by atoms with van der Waals surface area (Å²) < 4.78 is 15.2. The first-order valence-corrected chi connectivity index (χ1v) is 4.88. The predicted molar refractivity (Wildman–Crippen MR) is 54.4 cm³/mol. The second kappa shape index (κ2) is 4.40. The highest BCUT2D eigenvalue weighted by Gasteiger charge is 2.25. The Morgan fingerprint density at radius 2 is 2.19 bits per heavy atom. The summed E-state index contributed by atoms with van der Waals surface area (Å²) in [6, 6.07) is 5.02. The zero-order chi connectivity index (χ0) is 11.5. The lowest BCUT2D eigenvalue weighted by atomic mass is 10.1. The molecule has 16 heavy (non-hydrogen) atoms. The number of hydrogen-bond acceptors (Lipinski definition) is 5. The van der Waals surface area contributed by atoms with E-state index in [0.29, 0.717) is 30.3 Å². The Bertz CT molecular complexity index is 401. The fourth-order valence-electron chi connectivity index (χ4n) is 1.55. The summed E-state index contributed by atoms with van der Waals surface area (Å²) in [5.41, 5.74) is 0.365. The molecule has 0 saturated carbocycles. The third kappa shape index (κ3) is 1.81. The zero-order valence-corrected chi connectivity index (χ0v) is 8.80. The maximum absolute atomic E-state index is 11.2. The summed E-state index contributed by atoms with van der Waals surface area (Å²) in [5, 5.41) is 9.73. The van der Waals surface area contributed by atoms with Crippen molar-refractivity contribution in [3.05, 3.63) is 23.8 Å². The molecule has 1 aromatic rings. The number of fused-ring (bicyclic) bond motifs is 1. The second-order valence-electron chi connectivity index (χ2n) is 3.30. The molecule has 1 N–H and O–H groups in total. The van der Waals surface area contributed by atoms with Gasteiger partial charge in [0.25, 0.3) is 0 Å². The topological polar surface area (TPSA) is 65.0 Å². The number of ether oxygens (including phenoxy) is 3. The van der Waals surface area contributed by atoms with E-state index in [1.807, 2.05) is 0 Å². The molecule has 0 aliphatic carbocycles. The van der Waals surface area contributed by atoms with Crippen LogP contribution in [0.1, 0.15) is 11.7 Å². The molecule has 5 heteroatoms. The van der Waals surface area contributed by atoms with Gasteiger partial charge in [0.05, 0.1) is 7.11 Å². The molecule has 5 nitrogen and oxygen atoms in total. The van der Waals surface area contributed by atoms with Crippen LogP contribution in [0, 0.1) is 0 Å². The number of aliphatic hydroxyl groups is 1. The first-order valence-electron chi connectivity index (χ1n) is 4.88. The molecule has 0 aromatic heterocycles. The highest BCUT2D eigenvalue weighted by atomic mass is 16.6. The van der Waals surface area contributed by atoms with Crippen molar-refractivity contribution in [3.63, 3.8) is 0 Å². The zero-order valence-electron chi connectivity index (χ0n) is 8.80. The van der Waals surface area contributed by atoms with Crippen molar-refractivity contribution in [2.75, 3.05) is 20.3 Å². The van der Waals surface area contributed by atoms with E-state index in [2.05, 4.69) is 4.74 Å². The summed E-state index contributed by atoms with van der Waals surface area (Å²) in [5.74, 6) is 0.223. The molecule has 2 rings (SSSR count). The van der Waals surface area contributed by atoms with E-state index >= 15 is 0 Å². The maximum atomic E-state index is 11.2. The normalized spacial score (nSPS) is 15.4. The Morgan fingerprint density at radius 3 is 2.94 bits per heavy atom. The van der Waals surface area contributed by atoms with Gasteiger partial charge in [0, 0.05) is 5.56 Å². The lowest BCUT2D eigenvalue weighted by Crippen LogP contribution is -2.20. The lowest BCUT2D eigenvalue weighted by molar-refractivity contribution is -0.150. The molecule has 86 valence electrons. The standard InChI is InChI=1S/C11H12O5/c1-14-11(13)9(12)7-3-2-4-8-10(7)16-6-5-15-8/h2-4,9,12H,5-6H2,1H3. The fraction of sp³-hybridized carbons (Fsp3) is 0.364. The van der Waals surface area contributed by atoms with Crippen LogP contribution in [0.4, 0.5) is 0 Å². The predicted octanol–water partition coefficient (Wildman–Crippen LogP) is 0.664. The van der Waals surface area contributed by atoms with Crippen molar-refractivity contribution in [3.8, 4) is 11.5 Å². The minimum Gasteiger partial charge on any atom is -0.486 e. The molecule has 1 heterocycles. The van der Waals surface area contributed by atoms with Crippen molar-refractivity contribution >= 4 is 5.97 Å². The Hall–Kier alpha value is -1.75. The van der Waals surface area contributed by atoms with Crippen LogP contribution in [0.25, 0.3) is 0 Å². The minimum absolute atomic E-state index is 0.365. The molecule has 1 atom stereocenters. The smallest absolute Gasteiger partial charge is 0.339 e. The van der Waals surface area contributed by atoms with Crippen molar-refractivity contribution < 1.29 is 24.1 Å². The molecule has 1 aliphatic rings. The summed E-state index contributed by atoms with van der Waals surface area (Å²) in [6.45, 7) is 0.864. The molecule has 0 fully saturated rings. The van der Waals surface area contributed by atoms with Gasteiger partial charge in [0.1, 0.15) is 13.2 Å². The number of esters is 1. The van der Waals surface area contributed by atoms with Crippen molar-refractivity contribution in [1.29, 1.82) is 0 Å². The van der Waals surface area contributed by atoms with Gasteiger partial charge in [0.15, 0.2) is 17.6 Å². The first-order chi connectivity index (χ1) is 7.74. The highest BCUT2D eigenvalue weighted by Crippen LogP contribution is 2.37. The molecule has 0 spiro atoms. The van der Waals surface area contributed by atoms with Gasteiger partial charge in [-0.2, -0.15) is 0 Å². The lowest BCUT2D eigenvalue weighted by Gasteiger charge is -2.22. The number of carbonyl (C=O) groups excluding carboxylic acids is 1. The molecule has 1 aliphatic heterocycles. The average Bonchev–Trinajstić information content (AvgIpc) is 2.36. The molecule has 0 radical (unpaired) electrons. The van der Waals surface area contributed by atoms with Crippen LogP contribution in [-0.4, -0.2) is 31.4 Å². The van der Waals surface area contributed by atoms with Crippen LogP contribution in [0.3, 0.4) is 0 Å². The van der Waals surface area contributed by atoms with Gasteiger partial charge in [-0.15, -0.1) is 0 Å². The Morgan fingerprint density at radius 1 is 1.44 bits per heavy atom. The van der Waals surface area contributed by atoms with Crippen LogP contribution >= 0.6 is 0 Å². The van der Waals surface area contributed by atoms with E-state index < -0.39 is 12.1 Å². The van der Waals surface area contributed by atoms with Gasteiger partial charge in [-0.3, -0.25) is 0 Å². The van der Waals surface area contributed by atoms with Gasteiger partial charge in [-0.25, -0.2) is 4.79 Å². The van der Waals surface area contributed by atoms with E-state index in [0.717, 1.165) is 0 Å². The molecule has 0 amide bonds. The van der Waals surface area contributed by atoms with E-state index in [-0.39, 0.29) is 0 Å². The molecule has 1 unspecified atom stereocenters. The molecular formula is C11H12O5. The Balaban J connectivity index is 2.37. The average molecular weight is 224 g/mol. The van der Waals surface area contributed by atoms with E-state index in [9.17, 15) is 9.90 Å². The van der Waals surface area contributed by atoms with E-state index in [4.69, 9.17) is 9.47 Å². The van der Waals surface area contributed by atoms with Crippen LogP contribution in [0.5, 0.6) is 11.5 Å². The number of methoxy groups -OCH3 is 1. The van der Waals surface area contributed by atoms with Crippen molar-refractivity contribution in [2.45, 2.75) is 6.10 Å². The molecule has 0 saturated heterocycles. The third-order valence-electron chi connectivity index (χ3n) is 2.32. The highest BCUT2D eigenvalue weighted by molar-refractivity contribution is 5.77. The monoisotopic (exact) mass is 224 g/mol. The third-order valence-corrected chi connectivity index (χ3v) is 2.32. The van der Waals surface area contributed by atoms with E-state index in [1.54, 1.807) is 18.2 Å². The van der Waals surface area contributed by atoms with Gasteiger partial charge in [-0.05, 0) is 6.07 Å². The number of carbonyl (C=O) groups is 1. The summed E-state index contributed by atoms with van der Waals surface area (Å²) >= 11 is 0. The van der Waals surface area contributed by atoms with Gasteiger partial charge < -0.3 is 19.3 Å². The summed E-state index contributed by atoms with van der Waals surface area (Å²) in [4.78, 5) is 11.2. The quantitative estimate of drug-likeness (QED) is 0.748. The molecule has 1 aromatic carbocycles. The first kappa shape index (κ1) is 10.8. The fourth-order valence-corrected chi connectivity index (χ4v) is 1.55. The SMILES string of the molecule is COC(=O)C(O)c1cccc2c1OCCO2. The van der Waals surface area contributed by atoms with Crippen molar-refractivity contribution in [1.82, 2.24) is 0 Å². The number of para-hydroxylation sites is 1. The number of rotatable bonds is 2. The number of aliphatic hydroxyl groups excluding tert-OH is 1. The molecular weight excluding hydrogens is 212 g/mol. The molecule has 0 bridgehead atoms. The van der Waals surface area contributed by atoms with E-state index in [1.165, 1.54) is 7.11 Å². The van der Waals surface area contributed by atoms with Crippen LogP contribution in [0.15, 0.2) is 18.2 Å². The van der Waals surface area contributed by atoms with Crippen molar-refractivity contribution in [2.24, 2.45) is 0 Å². The Kier molecular flexibility index (Phi) is 2.96. The largest absolute Gasteiger partial charge is 0.486 e. The Labute approximate surface area is 92.5 Å². The summed E-state index contributed by atoms with van der Waals surface area (Å²) in [7, 11) is 1.22. The van der Waals surface area contributed by atoms with Gasteiger partial charge in [0.2, 0.25) is 0 Å². The van der Waals surface area contributed by atoms with Crippen LogP contribution in [-0.2, 0) is 9.53 Å². The van der Waals surface area contributed by atoms with Crippen LogP contribution < -0.4 is 9.47 Å². The van der Waals surface area contributed by atoms with Crippen LogP contribution in [0.2, 0.25) is 0 Å². The number of hydrogen-bond donors (Lipinski definition) is 1. The summed E-state index contributed by atoms with van der Waals surface area (Å²) in [6.07, 6.45) is -1.35. The van der Waals surface area contributed by atoms with Gasteiger partial charge in [-0.1, -0.05) is 12.1 Å². The minimum atomic E-state index is -1.35. The van der Waals surface area contributed by atoms with Gasteiger partial charge >= 0.3 is 5.97 Å². The second-order valence-corrected chi connectivity index (χ2v) is 3.30. The number of benzene rings is 1.